The Balaban J connectivity index is 1.18. The number of halogens is 2. The lowest BCUT2D eigenvalue weighted by Gasteiger charge is -2.18. The van der Waals surface area contributed by atoms with Gasteiger partial charge < -0.3 is 9.47 Å². The van der Waals surface area contributed by atoms with Crippen molar-refractivity contribution in [2.75, 3.05) is 13.2 Å². The van der Waals surface area contributed by atoms with Crippen molar-refractivity contribution in [2.45, 2.75) is 6.42 Å². The zero-order valence-electron chi connectivity index (χ0n) is 24.6. The number of hydrogen-bond donors (Lipinski definition) is 0. The molecule has 0 amide bonds. The van der Waals surface area contributed by atoms with Crippen molar-refractivity contribution in [3.63, 3.8) is 0 Å². The minimum Gasteiger partial charge on any atom is -0.493 e. The molecule has 6 heteroatoms. The molecule has 6 rings (SSSR count). The molecule has 0 aliphatic heterocycles. The maximum Gasteiger partial charge on any atom is 0.127 e. The second kappa shape index (κ2) is 15.6. The zero-order valence-corrected chi connectivity index (χ0v) is 28.1. The smallest absolute Gasteiger partial charge is 0.127 e. The van der Waals surface area contributed by atoms with Gasteiger partial charge in [0, 0.05) is 32.9 Å². The first-order valence-corrected chi connectivity index (χ1v) is 17.6. The van der Waals surface area contributed by atoms with Crippen molar-refractivity contribution in [3.05, 3.63) is 156 Å². The first kappa shape index (κ1) is 31.3. The molecule has 0 spiro atoms. The van der Waals surface area contributed by atoms with Gasteiger partial charge in [-0.15, -0.1) is 0 Å². The Kier molecular flexibility index (Phi) is 10.8. The lowest BCUT2D eigenvalue weighted by Crippen LogP contribution is -2.11. The van der Waals surface area contributed by atoms with Crippen LogP contribution < -0.4 is 30.7 Å². The van der Waals surface area contributed by atoms with E-state index in [4.69, 9.17) is 32.7 Å². The van der Waals surface area contributed by atoms with E-state index in [2.05, 4.69) is 78.9 Å². The molecule has 0 N–H and O–H groups in total. The summed E-state index contributed by atoms with van der Waals surface area (Å²) in [5.41, 5.74) is 4.21. The van der Waals surface area contributed by atoms with Crippen molar-refractivity contribution in [1.82, 2.24) is 0 Å². The summed E-state index contributed by atoms with van der Waals surface area (Å²) in [5, 5.41) is 6.29. The van der Waals surface area contributed by atoms with Gasteiger partial charge in [-0.3, -0.25) is 0 Å². The quantitative estimate of drug-likeness (QED) is 0.0958. The highest BCUT2D eigenvalue weighted by Gasteiger charge is 2.17. The summed E-state index contributed by atoms with van der Waals surface area (Å²) in [5.74, 6) is 1.77. The van der Waals surface area contributed by atoms with Gasteiger partial charge in [-0.2, -0.15) is 0 Å². The van der Waals surface area contributed by atoms with Gasteiger partial charge in [0.05, 0.1) is 13.2 Å². The van der Waals surface area contributed by atoms with Gasteiger partial charge in [0.25, 0.3) is 0 Å². The molecule has 0 aromatic heterocycles. The average molecular weight is 666 g/mol. The number of para-hydroxylation sites is 2. The molecule has 45 heavy (non-hydrogen) atoms. The van der Waals surface area contributed by atoms with Crippen molar-refractivity contribution >= 4 is 61.6 Å². The predicted octanol–water partition coefficient (Wildman–Crippen LogP) is 9.43. The molecule has 0 bridgehead atoms. The third-order valence-electron chi connectivity index (χ3n) is 7.23. The largest absolute Gasteiger partial charge is 0.493 e. The van der Waals surface area contributed by atoms with Crippen LogP contribution in [0.1, 0.15) is 6.42 Å². The number of rotatable bonds is 12. The van der Waals surface area contributed by atoms with Gasteiger partial charge in [0.15, 0.2) is 0 Å². The van der Waals surface area contributed by atoms with Crippen molar-refractivity contribution in [3.8, 4) is 33.8 Å². The number of hydrogen-bond acceptors (Lipinski definition) is 2. The van der Waals surface area contributed by atoms with Crippen molar-refractivity contribution < 1.29 is 9.47 Å². The number of benzene rings is 6. The average Bonchev–Trinajstić information content (AvgIpc) is 3.06. The van der Waals surface area contributed by atoms with E-state index < -0.39 is 0 Å². The maximum absolute atomic E-state index is 6.92. The first-order valence-electron chi connectivity index (χ1n) is 14.8. The molecule has 2 unspecified atom stereocenters. The van der Waals surface area contributed by atoms with E-state index in [9.17, 15) is 0 Å². The molecular formula is C39H32Cl2O2P2. The Morgan fingerprint density at radius 2 is 1.04 bits per heavy atom. The zero-order chi connectivity index (χ0) is 30.8. The van der Waals surface area contributed by atoms with E-state index in [0.717, 1.165) is 55.5 Å². The fourth-order valence-corrected chi connectivity index (χ4v) is 8.23. The Labute approximate surface area is 278 Å². The van der Waals surface area contributed by atoms with Crippen LogP contribution in [-0.2, 0) is 0 Å². The summed E-state index contributed by atoms with van der Waals surface area (Å²) < 4.78 is 12.6. The van der Waals surface area contributed by atoms with Crippen LogP contribution in [0.2, 0.25) is 10.0 Å². The Morgan fingerprint density at radius 1 is 0.467 bits per heavy atom. The summed E-state index contributed by atoms with van der Waals surface area (Å²) in [6.07, 6.45) is 0.758. The van der Waals surface area contributed by atoms with Crippen molar-refractivity contribution in [2.24, 2.45) is 0 Å². The molecule has 0 heterocycles. The van der Waals surface area contributed by atoms with E-state index in [0.29, 0.717) is 30.4 Å². The molecule has 0 aliphatic rings. The van der Waals surface area contributed by atoms with Gasteiger partial charge in [-0.25, -0.2) is 0 Å². The predicted molar refractivity (Wildman–Crippen MR) is 197 cm³/mol. The molecule has 0 saturated heterocycles. The molecule has 224 valence electrons. The Morgan fingerprint density at radius 3 is 1.84 bits per heavy atom. The molecular weight excluding hydrogens is 633 g/mol. The number of ether oxygens (including phenoxy) is 2. The summed E-state index contributed by atoms with van der Waals surface area (Å²) in [4.78, 5) is 0. The highest BCUT2D eigenvalue weighted by Crippen LogP contribution is 2.40. The van der Waals surface area contributed by atoms with Crippen LogP contribution in [0.4, 0.5) is 0 Å². The second-order valence-corrected chi connectivity index (χ2v) is 14.0. The van der Waals surface area contributed by atoms with Gasteiger partial charge in [0.1, 0.15) is 11.5 Å². The summed E-state index contributed by atoms with van der Waals surface area (Å²) >= 11 is 13.2. The van der Waals surface area contributed by atoms with E-state index in [1.165, 1.54) is 15.9 Å². The molecule has 0 saturated carbocycles. The molecule has 2 atom stereocenters. The topological polar surface area (TPSA) is 18.5 Å². The molecule has 0 aliphatic carbocycles. The third-order valence-corrected chi connectivity index (χ3v) is 10.4. The Hall–Kier alpha value is -3.64. The van der Waals surface area contributed by atoms with E-state index >= 15 is 0 Å². The van der Waals surface area contributed by atoms with Crippen LogP contribution in [0.15, 0.2) is 146 Å². The SMILES string of the molecule is Clc1cccc(Pc2cccc(Cl)c2-c2ccccc2-c2ccccc2OCCCOc2ccccc2Pc2ccccc2)c1. The molecule has 0 radical (unpaired) electrons. The van der Waals surface area contributed by atoms with Crippen LogP contribution in [-0.4, -0.2) is 13.2 Å². The van der Waals surface area contributed by atoms with Crippen LogP contribution in [0, 0.1) is 0 Å². The molecule has 6 aromatic carbocycles. The van der Waals surface area contributed by atoms with Gasteiger partial charge in [0.2, 0.25) is 0 Å². The van der Waals surface area contributed by atoms with Crippen LogP contribution >= 0.6 is 40.4 Å². The second-order valence-electron chi connectivity index (χ2n) is 10.4. The summed E-state index contributed by atoms with van der Waals surface area (Å²) in [7, 11) is 0.962. The highest BCUT2D eigenvalue weighted by atomic mass is 35.5. The van der Waals surface area contributed by atoms with Crippen LogP contribution in [0.3, 0.4) is 0 Å². The fraction of sp³-hybridized carbons (Fsp3) is 0.0769. The summed E-state index contributed by atoms with van der Waals surface area (Å²) in [6.45, 7) is 1.11. The normalized spacial score (nSPS) is 11.4. The van der Waals surface area contributed by atoms with Crippen molar-refractivity contribution in [1.29, 1.82) is 0 Å². The maximum atomic E-state index is 6.92. The van der Waals surface area contributed by atoms with Crippen LogP contribution in [0.25, 0.3) is 22.3 Å². The molecule has 6 aromatic rings. The molecule has 0 fully saturated rings. The van der Waals surface area contributed by atoms with Crippen LogP contribution in [0.5, 0.6) is 11.5 Å². The van der Waals surface area contributed by atoms with Gasteiger partial charge >= 0.3 is 0 Å². The first-order chi connectivity index (χ1) is 22.2. The highest BCUT2D eigenvalue weighted by molar-refractivity contribution is 7.56. The van der Waals surface area contributed by atoms with E-state index in [1.807, 2.05) is 66.7 Å². The van der Waals surface area contributed by atoms with E-state index in [-0.39, 0.29) is 0 Å². The molecule has 2 nitrogen and oxygen atoms in total. The van der Waals surface area contributed by atoms with E-state index in [1.54, 1.807) is 0 Å². The minimum absolute atomic E-state index is 0.410. The monoisotopic (exact) mass is 664 g/mol. The lowest BCUT2D eigenvalue weighted by molar-refractivity contribution is 0.249. The fourth-order valence-electron chi connectivity index (χ4n) is 5.17. The van der Waals surface area contributed by atoms with Gasteiger partial charge in [-0.1, -0.05) is 156 Å². The minimum atomic E-state index is 0.410. The Bertz CT molecular complexity index is 1880. The standard InChI is InChI=1S/C39H32Cl2O2P2/c40-28-13-10-16-30(27-28)45-38-24-11-20-34(41)39(38)33-19-5-4-17-31(33)32-18-6-7-21-35(32)42-25-12-26-43-36-22-8-9-23-37(36)44-29-14-2-1-3-15-29/h1-11,13-24,27,44-45H,12,25-26H2. The van der Waals surface area contributed by atoms with Gasteiger partial charge in [-0.05, 0) is 57.4 Å². The lowest BCUT2D eigenvalue weighted by atomic mass is 9.94. The summed E-state index contributed by atoms with van der Waals surface area (Å²) in [6, 6.07) is 49.6. The third kappa shape index (κ3) is 8.15.